The maximum Gasteiger partial charge on any atom is 0.319 e. The minimum absolute atomic E-state index is 0.146. The number of aliphatic hydroxyl groups excluding tert-OH is 1. The van der Waals surface area contributed by atoms with E-state index in [1.54, 1.807) is 0 Å². The number of carbonyl (C=O) groups excluding carboxylic acids is 1. The summed E-state index contributed by atoms with van der Waals surface area (Å²) in [6, 6.07) is 5.17. The predicted molar refractivity (Wildman–Crippen MR) is 73.8 cm³/mol. The highest BCUT2D eigenvalue weighted by Gasteiger charge is 2.07. The largest absolute Gasteiger partial charge is 0.389 e. The van der Waals surface area contributed by atoms with Crippen molar-refractivity contribution in [3.05, 3.63) is 28.2 Å². The van der Waals surface area contributed by atoms with Gasteiger partial charge in [-0.25, -0.2) is 4.79 Å². The third-order valence-electron chi connectivity index (χ3n) is 2.29. The van der Waals surface area contributed by atoms with Gasteiger partial charge in [0.2, 0.25) is 0 Å². The Bertz CT molecular complexity index is 412. The van der Waals surface area contributed by atoms with Gasteiger partial charge in [0.15, 0.2) is 0 Å². The highest BCUT2D eigenvalue weighted by Crippen LogP contribution is 2.20. The molecule has 1 atom stereocenters. The Kier molecular flexibility index (Phi) is 6.11. The Morgan fingerprint density at radius 3 is 2.89 bits per heavy atom. The summed E-state index contributed by atoms with van der Waals surface area (Å²) in [6.45, 7) is 2.30. The van der Waals surface area contributed by atoms with Gasteiger partial charge in [-0.3, -0.25) is 0 Å². The van der Waals surface area contributed by atoms with Gasteiger partial charge in [0.05, 0.1) is 12.7 Å². The van der Waals surface area contributed by atoms with Crippen molar-refractivity contribution in [3.8, 4) is 0 Å². The van der Waals surface area contributed by atoms with Crippen LogP contribution in [0, 0.1) is 6.92 Å². The number of anilines is 1. The van der Waals surface area contributed by atoms with Crippen molar-refractivity contribution in [2.24, 2.45) is 0 Å². The van der Waals surface area contributed by atoms with Gasteiger partial charge in [-0.1, -0.05) is 22.0 Å². The van der Waals surface area contributed by atoms with E-state index in [2.05, 4.69) is 26.6 Å². The second kappa shape index (κ2) is 7.35. The van der Waals surface area contributed by atoms with Crippen LogP contribution < -0.4 is 10.6 Å². The number of methoxy groups -OCH3 is 1. The van der Waals surface area contributed by atoms with Gasteiger partial charge in [0.1, 0.15) is 0 Å². The number of rotatable bonds is 5. The number of amides is 2. The first-order valence-electron chi connectivity index (χ1n) is 5.51. The third kappa shape index (κ3) is 5.03. The van der Waals surface area contributed by atoms with E-state index in [9.17, 15) is 9.90 Å². The minimum Gasteiger partial charge on any atom is -0.389 e. The molecule has 5 nitrogen and oxygen atoms in total. The molecule has 1 aromatic rings. The van der Waals surface area contributed by atoms with E-state index >= 15 is 0 Å². The standard InChI is InChI=1S/C12H17BrN2O3/c1-8-3-4-9(5-11(8)13)15-12(17)14-6-10(16)7-18-2/h3-5,10,16H,6-7H2,1-2H3,(H2,14,15,17). The molecule has 1 rings (SSSR count). The van der Waals surface area contributed by atoms with Crippen molar-refractivity contribution in [2.75, 3.05) is 25.6 Å². The first-order valence-corrected chi connectivity index (χ1v) is 6.30. The number of hydrogen-bond acceptors (Lipinski definition) is 3. The highest BCUT2D eigenvalue weighted by atomic mass is 79.9. The summed E-state index contributed by atoms with van der Waals surface area (Å²) in [5.74, 6) is 0. The Morgan fingerprint density at radius 1 is 1.56 bits per heavy atom. The lowest BCUT2D eigenvalue weighted by atomic mass is 10.2. The fourth-order valence-electron chi connectivity index (χ4n) is 1.31. The molecule has 0 aliphatic carbocycles. The molecule has 0 bridgehead atoms. The molecular weight excluding hydrogens is 300 g/mol. The van der Waals surface area contributed by atoms with Crippen molar-refractivity contribution in [2.45, 2.75) is 13.0 Å². The van der Waals surface area contributed by atoms with E-state index in [0.717, 1.165) is 10.0 Å². The zero-order chi connectivity index (χ0) is 13.5. The Morgan fingerprint density at radius 2 is 2.28 bits per heavy atom. The zero-order valence-corrected chi connectivity index (χ0v) is 12.0. The van der Waals surface area contributed by atoms with Crippen LogP contribution in [-0.4, -0.2) is 37.5 Å². The van der Waals surface area contributed by atoms with Crippen LogP contribution in [0.5, 0.6) is 0 Å². The molecule has 0 radical (unpaired) electrons. The Balaban J connectivity index is 2.42. The zero-order valence-electron chi connectivity index (χ0n) is 10.4. The van der Waals surface area contributed by atoms with Crippen LogP contribution in [0.2, 0.25) is 0 Å². The molecule has 100 valence electrons. The lowest BCUT2D eigenvalue weighted by molar-refractivity contribution is 0.0663. The van der Waals surface area contributed by atoms with Crippen molar-refractivity contribution in [1.82, 2.24) is 5.32 Å². The summed E-state index contributed by atoms with van der Waals surface area (Å²) in [5.41, 5.74) is 1.78. The number of halogens is 1. The normalized spacial score (nSPS) is 12.0. The summed E-state index contributed by atoms with van der Waals surface area (Å²) < 4.78 is 5.69. The fourth-order valence-corrected chi connectivity index (χ4v) is 1.69. The number of hydrogen-bond donors (Lipinski definition) is 3. The second-order valence-corrected chi connectivity index (χ2v) is 4.76. The number of aliphatic hydroxyl groups is 1. The first kappa shape index (κ1) is 14.9. The van der Waals surface area contributed by atoms with Crippen LogP contribution in [-0.2, 0) is 4.74 Å². The number of urea groups is 1. The molecule has 1 unspecified atom stereocenters. The van der Waals surface area contributed by atoms with E-state index in [-0.39, 0.29) is 19.2 Å². The van der Waals surface area contributed by atoms with E-state index in [4.69, 9.17) is 4.74 Å². The van der Waals surface area contributed by atoms with E-state index in [1.807, 2.05) is 25.1 Å². The lowest BCUT2D eigenvalue weighted by Crippen LogP contribution is -2.37. The van der Waals surface area contributed by atoms with E-state index < -0.39 is 6.10 Å². The van der Waals surface area contributed by atoms with Gasteiger partial charge in [-0.05, 0) is 24.6 Å². The smallest absolute Gasteiger partial charge is 0.319 e. The number of aryl methyl sites for hydroxylation is 1. The topological polar surface area (TPSA) is 70.6 Å². The molecule has 0 aliphatic heterocycles. The van der Waals surface area contributed by atoms with Crippen LogP contribution >= 0.6 is 15.9 Å². The van der Waals surface area contributed by atoms with E-state index in [0.29, 0.717) is 5.69 Å². The molecule has 18 heavy (non-hydrogen) atoms. The molecule has 3 N–H and O–H groups in total. The summed E-state index contributed by atoms with van der Waals surface area (Å²) in [5, 5.41) is 14.6. The van der Waals surface area contributed by atoms with Gasteiger partial charge in [-0.2, -0.15) is 0 Å². The molecule has 0 aliphatic rings. The van der Waals surface area contributed by atoms with Crippen molar-refractivity contribution >= 4 is 27.6 Å². The molecule has 0 heterocycles. The lowest BCUT2D eigenvalue weighted by Gasteiger charge is -2.12. The summed E-state index contributed by atoms with van der Waals surface area (Å²) in [7, 11) is 1.49. The molecule has 0 spiro atoms. The van der Waals surface area contributed by atoms with Crippen LogP contribution in [0.3, 0.4) is 0 Å². The van der Waals surface area contributed by atoms with Crippen molar-refractivity contribution in [3.63, 3.8) is 0 Å². The quantitative estimate of drug-likeness (QED) is 0.777. The number of carbonyl (C=O) groups is 1. The van der Waals surface area contributed by atoms with Gasteiger partial charge >= 0.3 is 6.03 Å². The molecule has 2 amide bonds. The summed E-state index contributed by atoms with van der Waals surface area (Å²) in [6.07, 6.45) is -0.703. The van der Waals surface area contributed by atoms with Crippen LogP contribution in [0.15, 0.2) is 22.7 Å². The van der Waals surface area contributed by atoms with Gasteiger partial charge in [0.25, 0.3) is 0 Å². The monoisotopic (exact) mass is 316 g/mol. The molecule has 6 heteroatoms. The van der Waals surface area contributed by atoms with Crippen LogP contribution in [0.25, 0.3) is 0 Å². The molecular formula is C12H17BrN2O3. The SMILES string of the molecule is COCC(O)CNC(=O)Nc1ccc(C)c(Br)c1. The molecule has 0 fully saturated rings. The maximum absolute atomic E-state index is 11.5. The average molecular weight is 317 g/mol. The number of nitrogens with one attached hydrogen (secondary N) is 2. The molecule has 0 saturated heterocycles. The van der Waals surface area contributed by atoms with Crippen LogP contribution in [0.4, 0.5) is 10.5 Å². The fraction of sp³-hybridized carbons (Fsp3) is 0.417. The van der Waals surface area contributed by atoms with Crippen molar-refractivity contribution < 1.29 is 14.6 Å². The Labute approximate surface area is 115 Å². The third-order valence-corrected chi connectivity index (χ3v) is 3.14. The summed E-state index contributed by atoms with van der Waals surface area (Å²) in [4.78, 5) is 11.5. The average Bonchev–Trinajstić information content (AvgIpc) is 2.32. The number of benzene rings is 1. The highest BCUT2D eigenvalue weighted by molar-refractivity contribution is 9.10. The van der Waals surface area contributed by atoms with Gasteiger partial charge < -0.3 is 20.5 Å². The van der Waals surface area contributed by atoms with Gasteiger partial charge in [0, 0.05) is 23.8 Å². The second-order valence-electron chi connectivity index (χ2n) is 3.91. The summed E-state index contributed by atoms with van der Waals surface area (Å²) >= 11 is 3.39. The van der Waals surface area contributed by atoms with Gasteiger partial charge in [-0.15, -0.1) is 0 Å². The predicted octanol–water partition coefficient (Wildman–Crippen LogP) is 1.89. The number of ether oxygens (including phenoxy) is 1. The minimum atomic E-state index is -0.703. The molecule has 0 saturated carbocycles. The van der Waals surface area contributed by atoms with Crippen molar-refractivity contribution in [1.29, 1.82) is 0 Å². The molecule has 0 aromatic heterocycles. The van der Waals surface area contributed by atoms with E-state index in [1.165, 1.54) is 7.11 Å². The maximum atomic E-state index is 11.5. The Hall–Kier alpha value is -1.11. The molecule has 1 aromatic carbocycles. The van der Waals surface area contributed by atoms with Crippen LogP contribution in [0.1, 0.15) is 5.56 Å². The first-order chi connectivity index (χ1) is 8.52.